The van der Waals surface area contributed by atoms with Gasteiger partial charge in [0.25, 0.3) is 0 Å². The number of carbonyl (C=O) groups is 2. The molecule has 1 aliphatic heterocycles. The van der Waals surface area contributed by atoms with Crippen LogP contribution in [0.1, 0.15) is 36.8 Å². The predicted octanol–water partition coefficient (Wildman–Crippen LogP) is 1.38. The van der Waals surface area contributed by atoms with E-state index in [2.05, 4.69) is 0 Å². The molecule has 6 nitrogen and oxygen atoms in total. The van der Waals surface area contributed by atoms with E-state index in [4.69, 9.17) is 0 Å². The maximum absolute atomic E-state index is 12.6. The van der Waals surface area contributed by atoms with E-state index in [1.165, 1.54) is 4.90 Å². The summed E-state index contributed by atoms with van der Waals surface area (Å²) >= 11 is 0. The van der Waals surface area contributed by atoms with Crippen LogP contribution in [0.25, 0.3) is 0 Å². The van der Waals surface area contributed by atoms with Crippen molar-refractivity contribution in [1.82, 2.24) is 4.90 Å². The zero-order valence-electron chi connectivity index (χ0n) is 13.3. The summed E-state index contributed by atoms with van der Waals surface area (Å²) in [6.45, 7) is 0.145. The van der Waals surface area contributed by atoms with E-state index in [0.717, 1.165) is 24.0 Å². The first-order chi connectivity index (χ1) is 11.4. The smallest absolute Gasteiger partial charge is 0.326 e. The van der Waals surface area contributed by atoms with E-state index >= 15 is 0 Å². The van der Waals surface area contributed by atoms with Crippen LogP contribution in [0, 0.1) is 0 Å². The molecule has 2 aliphatic rings. The van der Waals surface area contributed by atoms with Crippen LogP contribution >= 0.6 is 0 Å². The first-order valence-electron chi connectivity index (χ1n) is 8.19. The second-order valence-electron chi connectivity index (χ2n) is 6.56. The number of carboxylic acids is 1. The van der Waals surface area contributed by atoms with Crippen LogP contribution in [0.3, 0.4) is 0 Å². The van der Waals surface area contributed by atoms with Crippen LogP contribution in [0.5, 0.6) is 0 Å². The third-order valence-corrected chi connectivity index (χ3v) is 7.13. The molecule has 1 fully saturated rings. The molecule has 7 heteroatoms. The van der Waals surface area contributed by atoms with Crippen molar-refractivity contribution in [3.05, 3.63) is 35.4 Å². The largest absolute Gasteiger partial charge is 0.480 e. The van der Waals surface area contributed by atoms with Crippen molar-refractivity contribution in [1.29, 1.82) is 0 Å². The highest BCUT2D eigenvalue weighted by molar-refractivity contribution is 7.92. The molecule has 0 bridgehead atoms. The van der Waals surface area contributed by atoms with E-state index in [-0.39, 0.29) is 13.0 Å². The average Bonchev–Trinajstić information content (AvgIpc) is 3.08. The number of carbonyl (C=O) groups excluding carboxylic acids is 1. The molecule has 0 radical (unpaired) electrons. The summed E-state index contributed by atoms with van der Waals surface area (Å²) in [5.41, 5.74) is 1.77. The van der Waals surface area contributed by atoms with Gasteiger partial charge < -0.3 is 10.0 Å². The van der Waals surface area contributed by atoms with Crippen LogP contribution in [-0.2, 0) is 32.4 Å². The maximum Gasteiger partial charge on any atom is 0.326 e. The fraction of sp³-hybridized carbons (Fsp3) is 0.529. The molecule has 0 aromatic heterocycles. The fourth-order valence-electron chi connectivity index (χ4n) is 3.63. The molecule has 0 spiro atoms. The summed E-state index contributed by atoms with van der Waals surface area (Å²) < 4.78 is 24.8. The molecule has 1 aliphatic carbocycles. The minimum absolute atomic E-state index is 0.145. The first kappa shape index (κ1) is 17.0. The van der Waals surface area contributed by atoms with E-state index in [1.807, 2.05) is 24.3 Å². The van der Waals surface area contributed by atoms with Gasteiger partial charge in [0.15, 0.2) is 9.84 Å². The van der Waals surface area contributed by atoms with Gasteiger partial charge in [-0.3, -0.25) is 4.79 Å². The average molecular weight is 351 g/mol. The molecule has 0 saturated heterocycles. The fourth-order valence-corrected chi connectivity index (χ4v) is 5.42. The zero-order chi connectivity index (χ0) is 17.3. The van der Waals surface area contributed by atoms with E-state index < -0.39 is 38.8 Å². The number of carboxylic acid groups (broad SMARTS) is 1. The van der Waals surface area contributed by atoms with Crippen LogP contribution in [0.15, 0.2) is 24.3 Å². The Morgan fingerprint density at radius 1 is 1.12 bits per heavy atom. The summed E-state index contributed by atoms with van der Waals surface area (Å²) in [7, 11) is -3.52. The quantitative estimate of drug-likeness (QED) is 0.885. The van der Waals surface area contributed by atoms with Gasteiger partial charge >= 0.3 is 5.97 Å². The molecule has 3 rings (SSSR count). The van der Waals surface area contributed by atoms with Crippen molar-refractivity contribution >= 4 is 21.7 Å². The highest BCUT2D eigenvalue weighted by Crippen LogP contribution is 2.27. The third-order valence-electron chi connectivity index (χ3n) is 4.99. The van der Waals surface area contributed by atoms with Crippen molar-refractivity contribution < 1.29 is 23.1 Å². The number of aliphatic carboxylic acids is 1. The van der Waals surface area contributed by atoms with Gasteiger partial charge in [0, 0.05) is 13.0 Å². The van der Waals surface area contributed by atoms with Crippen LogP contribution in [0.4, 0.5) is 0 Å². The molecule has 1 aromatic rings. The molecule has 1 atom stereocenters. The Morgan fingerprint density at radius 3 is 2.38 bits per heavy atom. The van der Waals surface area contributed by atoms with Crippen molar-refractivity contribution in [2.24, 2.45) is 0 Å². The molecule has 1 unspecified atom stereocenters. The van der Waals surface area contributed by atoms with Gasteiger partial charge in [-0.15, -0.1) is 0 Å². The summed E-state index contributed by atoms with van der Waals surface area (Å²) in [6, 6.07) is 6.35. The van der Waals surface area contributed by atoms with Crippen molar-refractivity contribution in [2.75, 3.05) is 5.75 Å². The van der Waals surface area contributed by atoms with Crippen molar-refractivity contribution in [3.63, 3.8) is 0 Å². The lowest BCUT2D eigenvalue weighted by molar-refractivity contribution is -0.150. The lowest BCUT2D eigenvalue weighted by Gasteiger charge is -2.34. The van der Waals surface area contributed by atoms with Gasteiger partial charge in [-0.25, -0.2) is 13.2 Å². The number of hydrogen-bond acceptors (Lipinski definition) is 4. The monoisotopic (exact) mass is 351 g/mol. The van der Waals surface area contributed by atoms with Crippen molar-refractivity contribution in [3.8, 4) is 0 Å². The summed E-state index contributed by atoms with van der Waals surface area (Å²) in [6.07, 6.45) is 3.14. The highest BCUT2D eigenvalue weighted by atomic mass is 32.2. The summed E-state index contributed by atoms with van der Waals surface area (Å²) in [5, 5.41) is 8.99. The Bertz CT molecular complexity index is 752. The second kappa shape index (κ2) is 6.55. The molecule has 1 N–H and O–H groups in total. The lowest BCUT2D eigenvalue weighted by Crippen LogP contribution is -2.50. The van der Waals surface area contributed by atoms with Crippen LogP contribution in [0.2, 0.25) is 0 Å². The van der Waals surface area contributed by atoms with Gasteiger partial charge in [0.1, 0.15) is 11.8 Å². The van der Waals surface area contributed by atoms with Gasteiger partial charge in [0.05, 0.1) is 5.25 Å². The number of benzene rings is 1. The number of nitrogens with zero attached hydrogens (tertiary/aromatic N) is 1. The molecular weight excluding hydrogens is 330 g/mol. The highest BCUT2D eigenvalue weighted by Gasteiger charge is 2.38. The van der Waals surface area contributed by atoms with Crippen molar-refractivity contribution in [2.45, 2.75) is 49.9 Å². The Kier molecular flexibility index (Phi) is 4.62. The zero-order valence-corrected chi connectivity index (χ0v) is 14.2. The number of sulfone groups is 1. The number of hydrogen-bond donors (Lipinski definition) is 1. The predicted molar refractivity (Wildman–Crippen MR) is 88.2 cm³/mol. The van der Waals surface area contributed by atoms with Gasteiger partial charge in [-0.1, -0.05) is 37.1 Å². The molecule has 1 heterocycles. The first-order valence-corrected chi connectivity index (χ1v) is 9.90. The second-order valence-corrected chi connectivity index (χ2v) is 8.84. The topological polar surface area (TPSA) is 91.8 Å². The molecular formula is C17H21NO5S. The molecule has 1 aromatic carbocycles. The van der Waals surface area contributed by atoms with E-state index in [9.17, 15) is 23.1 Å². The number of fused-ring (bicyclic) bond motifs is 1. The lowest BCUT2D eigenvalue weighted by atomic mass is 9.94. The molecule has 1 amide bonds. The Morgan fingerprint density at radius 2 is 1.75 bits per heavy atom. The summed E-state index contributed by atoms with van der Waals surface area (Å²) in [5.74, 6) is -2.30. The standard InChI is InChI=1S/C17H21NO5S/c19-16(11-24(22,23)14-7-3-4-8-14)18-10-13-6-2-1-5-12(13)9-15(18)17(20)21/h1-2,5-6,14-15H,3-4,7-11H2,(H,20,21). The SMILES string of the molecule is O=C(O)C1Cc2ccccc2CN1C(=O)CS(=O)(=O)C1CCCC1. The third kappa shape index (κ3) is 3.31. The van der Waals surface area contributed by atoms with Crippen LogP contribution < -0.4 is 0 Å². The Labute approximate surface area is 141 Å². The number of amides is 1. The van der Waals surface area contributed by atoms with Gasteiger partial charge in [-0.05, 0) is 24.0 Å². The number of rotatable bonds is 4. The van der Waals surface area contributed by atoms with Crippen LogP contribution in [-0.4, -0.2) is 47.3 Å². The summed E-state index contributed by atoms with van der Waals surface area (Å²) in [4.78, 5) is 25.3. The van der Waals surface area contributed by atoms with Gasteiger partial charge in [0.2, 0.25) is 5.91 Å². The maximum atomic E-state index is 12.6. The minimum atomic E-state index is -3.52. The normalized spacial score (nSPS) is 21.5. The minimum Gasteiger partial charge on any atom is -0.480 e. The Balaban J connectivity index is 1.81. The van der Waals surface area contributed by atoms with E-state index in [1.54, 1.807) is 0 Å². The van der Waals surface area contributed by atoms with E-state index in [0.29, 0.717) is 12.8 Å². The van der Waals surface area contributed by atoms with Gasteiger partial charge in [-0.2, -0.15) is 0 Å². The molecule has 130 valence electrons. The Hall–Kier alpha value is -1.89. The molecule has 1 saturated carbocycles. The molecule has 24 heavy (non-hydrogen) atoms.